The highest BCUT2D eigenvalue weighted by molar-refractivity contribution is 5.89. The van der Waals surface area contributed by atoms with E-state index in [0.717, 1.165) is 12.2 Å². The van der Waals surface area contributed by atoms with Crippen molar-refractivity contribution in [2.24, 2.45) is 11.8 Å². The van der Waals surface area contributed by atoms with Crippen molar-refractivity contribution in [3.8, 4) is 0 Å². The summed E-state index contributed by atoms with van der Waals surface area (Å²) >= 11 is 0. The summed E-state index contributed by atoms with van der Waals surface area (Å²) in [4.78, 5) is 32.6. The maximum Gasteiger partial charge on any atom is 0.228 e. The first-order valence-corrected chi connectivity index (χ1v) is 8.01. The van der Waals surface area contributed by atoms with E-state index in [1.165, 1.54) is 12.8 Å². The molecule has 1 aliphatic heterocycles. The van der Waals surface area contributed by atoms with Crippen LogP contribution in [-0.2, 0) is 9.59 Å². The van der Waals surface area contributed by atoms with E-state index in [1.807, 2.05) is 30.0 Å². The molecule has 0 N–H and O–H groups in total. The molecule has 2 heterocycles. The van der Waals surface area contributed by atoms with Gasteiger partial charge in [0.25, 0.3) is 0 Å². The number of nitrogens with zero attached hydrogens (tertiary/aromatic N) is 3. The standard InChI is InChI=1S/C17H23N3O2/c1-12(15-5-3-4-8-18-15)19(2)17(22)14-9-16(21)20(11-14)10-13-6-7-13/h3-5,8,12-14H,6-7,9-11H2,1-2H3/t12-,14-/m1/s1. The number of hydrogen-bond acceptors (Lipinski definition) is 3. The second-order valence-corrected chi connectivity index (χ2v) is 6.52. The number of carbonyl (C=O) groups is 2. The van der Waals surface area contributed by atoms with Gasteiger partial charge in [-0.3, -0.25) is 14.6 Å². The molecule has 5 nitrogen and oxygen atoms in total. The van der Waals surface area contributed by atoms with Crippen molar-refractivity contribution < 1.29 is 9.59 Å². The van der Waals surface area contributed by atoms with E-state index in [9.17, 15) is 9.59 Å². The van der Waals surface area contributed by atoms with Gasteiger partial charge in [-0.2, -0.15) is 0 Å². The van der Waals surface area contributed by atoms with Gasteiger partial charge in [0.05, 0.1) is 17.7 Å². The Hall–Kier alpha value is -1.91. The Bertz CT molecular complexity index is 556. The molecule has 1 aromatic rings. The van der Waals surface area contributed by atoms with Crippen molar-refractivity contribution in [2.45, 2.75) is 32.2 Å². The molecule has 5 heteroatoms. The number of likely N-dealkylation sites (tertiary alicyclic amines) is 1. The molecule has 0 radical (unpaired) electrons. The topological polar surface area (TPSA) is 53.5 Å². The lowest BCUT2D eigenvalue weighted by atomic mass is 10.1. The van der Waals surface area contributed by atoms with Gasteiger partial charge >= 0.3 is 0 Å². The molecule has 1 aliphatic carbocycles. The molecule has 1 saturated carbocycles. The zero-order chi connectivity index (χ0) is 15.7. The molecule has 3 rings (SSSR count). The SMILES string of the molecule is C[C@H](c1ccccn1)N(C)C(=O)[C@@H]1CC(=O)N(CC2CC2)C1. The Balaban J connectivity index is 1.62. The van der Waals surface area contributed by atoms with Gasteiger partial charge < -0.3 is 9.80 Å². The van der Waals surface area contributed by atoms with Crippen LogP contribution in [0, 0.1) is 11.8 Å². The molecule has 2 fully saturated rings. The van der Waals surface area contributed by atoms with Crippen LogP contribution in [0.3, 0.4) is 0 Å². The first kappa shape index (κ1) is 15.0. The van der Waals surface area contributed by atoms with Crippen molar-refractivity contribution in [2.75, 3.05) is 20.1 Å². The van der Waals surface area contributed by atoms with Gasteiger partial charge in [0.2, 0.25) is 11.8 Å². The number of aromatic nitrogens is 1. The minimum Gasteiger partial charge on any atom is -0.342 e. The Morgan fingerprint density at radius 2 is 2.23 bits per heavy atom. The second kappa shape index (κ2) is 6.07. The molecule has 1 saturated heterocycles. The van der Waals surface area contributed by atoms with E-state index in [4.69, 9.17) is 0 Å². The van der Waals surface area contributed by atoms with Crippen molar-refractivity contribution in [1.29, 1.82) is 0 Å². The maximum atomic E-state index is 12.7. The zero-order valence-electron chi connectivity index (χ0n) is 13.2. The summed E-state index contributed by atoms with van der Waals surface area (Å²) in [6.45, 7) is 3.38. The average molecular weight is 301 g/mol. The molecule has 118 valence electrons. The summed E-state index contributed by atoms with van der Waals surface area (Å²) in [5.74, 6) is 0.638. The largest absolute Gasteiger partial charge is 0.342 e. The summed E-state index contributed by atoms with van der Waals surface area (Å²) in [7, 11) is 1.80. The lowest BCUT2D eigenvalue weighted by molar-refractivity contribution is -0.136. The third-order valence-corrected chi connectivity index (χ3v) is 4.78. The predicted molar refractivity (Wildman–Crippen MR) is 82.8 cm³/mol. The lowest BCUT2D eigenvalue weighted by Gasteiger charge is -2.27. The van der Waals surface area contributed by atoms with Gasteiger partial charge in [0, 0.05) is 32.8 Å². The average Bonchev–Trinajstić information content (AvgIpc) is 3.28. The fraction of sp³-hybridized carbons (Fsp3) is 0.588. The summed E-state index contributed by atoms with van der Waals surface area (Å²) in [5.41, 5.74) is 0.873. The Labute approximate surface area is 131 Å². The fourth-order valence-corrected chi connectivity index (χ4v) is 3.03. The first-order valence-electron chi connectivity index (χ1n) is 8.01. The highest BCUT2D eigenvalue weighted by Gasteiger charge is 2.38. The van der Waals surface area contributed by atoms with E-state index in [2.05, 4.69) is 4.98 Å². The molecule has 2 atom stereocenters. The normalized spacial score (nSPS) is 22.7. The highest BCUT2D eigenvalue weighted by Crippen LogP contribution is 2.32. The third kappa shape index (κ3) is 3.13. The molecule has 0 unspecified atom stereocenters. The molecule has 0 spiro atoms. The number of carbonyl (C=O) groups excluding carboxylic acids is 2. The van der Waals surface area contributed by atoms with Crippen LogP contribution >= 0.6 is 0 Å². The van der Waals surface area contributed by atoms with Crippen LogP contribution in [0.1, 0.15) is 37.9 Å². The van der Waals surface area contributed by atoms with Gasteiger partial charge in [0.1, 0.15) is 0 Å². The van der Waals surface area contributed by atoms with Crippen LogP contribution in [-0.4, -0.2) is 46.7 Å². The molecular formula is C17H23N3O2. The maximum absolute atomic E-state index is 12.7. The van der Waals surface area contributed by atoms with E-state index in [1.54, 1.807) is 18.1 Å². The highest BCUT2D eigenvalue weighted by atomic mass is 16.2. The lowest BCUT2D eigenvalue weighted by Crippen LogP contribution is -2.36. The summed E-state index contributed by atoms with van der Waals surface area (Å²) < 4.78 is 0. The van der Waals surface area contributed by atoms with Crippen molar-refractivity contribution >= 4 is 11.8 Å². The smallest absolute Gasteiger partial charge is 0.228 e. The quantitative estimate of drug-likeness (QED) is 0.834. The molecular weight excluding hydrogens is 278 g/mol. The zero-order valence-corrected chi connectivity index (χ0v) is 13.2. The van der Waals surface area contributed by atoms with Crippen molar-refractivity contribution in [3.63, 3.8) is 0 Å². The monoisotopic (exact) mass is 301 g/mol. The van der Waals surface area contributed by atoms with Gasteiger partial charge in [0.15, 0.2) is 0 Å². The number of hydrogen-bond donors (Lipinski definition) is 0. The molecule has 0 aromatic carbocycles. The predicted octanol–water partition coefficient (Wildman–Crippen LogP) is 1.86. The molecule has 22 heavy (non-hydrogen) atoms. The van der Waals surface area contributed by atoms with Crippen LogP contribution in [0.2, 0.25) is 0 Å². The molecule has 2 aliphatic rings. The fourth-order valence-electron chi connectivity index (χ4n) is 3.03. The number of pyridine rings is 1. The van der Waals surface area contributed by atoms with Gasteiger partial charge in [-0.1, -0.05) is 6.07 Å². The van der Waals surface area contributed by atoms with Crippen LogP contribution in [0.25, 0.3) is 0 Å². The number of amides is 2. The molecule has 1 aromatic heterocycles. The first-order chi connectivity index (χ1) is 10.6. The van der Waals surface area contributed by atoms with E-state index >= 15 is 0 Å². The molecule has 0 bridgehead atoms. The van der Waals surface area contributed by atoms with Crippen molar-refractivity contribution in [1.82, 2.24) is 14.8 Å². The summed E-state index contributed by atoms with van der Waals surface area (Å²) in [5, 5.41) is 0. The van der Waals surface area contributed by atoms with Gasteiger partial charge in [-0.15, -0.1) is 0 Å². The summed E-state index contributed by atoms with van der Waals surface area (Å²) in [6, 6.07) is 5.63. The van der Waals surface area contributed by atoms with Crippen LogP contribution in [0.5, 0.6) is 0 Å². The minimum absolute atomic E-state index is 0.0461. The second-order valence-electron chi connectivity index (χ2n) is 6.52. The van der Waals surface area contributed by atoms with E-state index in [0.29, 0.717) is 18.9 Å². The Morgan fingerprint density at radius 1 is 1.45 bits per heavy atom. The van der Waals surface area contributed by atoms with Crippen LogP contribution < -0.4 is 0 Å². The number of rotatable bonds is 5. The Kier molecular flexibility index (Phi) is 4.14. The van der Waals surface area contributed by atoms with Gasteiger partial charge in [-0.25, -0.2) is 0 Å². The minimum atomic E-state index is -0.206. The van der Waals surface area contributed by atoms with Crippen molar-refractivity contribution in [3.05, 3.63) is 30.1 Å². The summed E-state index contributed by atoms with van der Waals surface area (Å²) in [6.07, 6.45) is 4.53. The Morgan fingerprint density at radius 3 is 2.86 bits per heavy atom. The van der Waals surface area contributed by atoms with Gasteiger partial charge in [-0.05, 0) is 37.8 Å². The van der Waals surface area contributed by atoms with Crippen LogP contribution in [0.15, 0.2) is 24.4 Å². The van der Waals surface area contributed by atoms with Crippen LogP contribution in [0.4, 0.5) is 0 Å². The van der Waals surface area contributed by atoms with E-state index in [-0.39, 0.29) is 23.8 Å². The third-order valence-electron chi connectivity index (χ3n) is 4.78. The molecule has 2 amide bonds. The van der Waals surface area contributed by atoms with E-state index < -0.39 is 0 Å².